The molecule has 0 aliphatic carbocycles. The van der Waals surface area contributed by atoms with Gasteiger partial charge in [-0.15, -0.1) is 0 Å². The van der Waals surface area contributed by atoms with Gasteiger partial charge in [0.15, 0.2) is 0 Å². The number of fused-ring (bicyclic) bond motifs is 1. The average molecular weight is 243 g/mol. The van der Waals surface area contributed by atoms with E-state index in [1.807, 2.05) is 6.92 Å². The Bertz CT molecular complexity index is 652. The van der Waals surface area contributed by atoms with Crippen molar-refractivity contribution < 1.29 is 4.79 Å². The summed E-state index contributed by atoms with van der Waals surface area (Å²) in [6.45, 7) is 1.83. The first-order valence-corrected chi connectivity index (χ1v) is 5.48. The molecular weight excluding hydrogens is 230 g/mol. The molecule has 2 rings (SSSR count). The summed E-state index contributed by atoms with van der Waals surface area (Å²) in [4.78, 5) is 15.2. The second-order valence-corrected chi connectivity index (χ2v) is 4.17. The van der Waals surface area contributed by atoms with Crippen molar-refractivity contribution in [2.24, 2.45) is 5.73 Å². The fourth-order valence-electron chi connectivity index (χ4n) is 2.03. The van der Waals surface area contributed by atoms with Crippen LogP contribution in [0.5, 0.6) is 0 Å². The summed E-state index contributed by atoms with van der Waals surface area (Å²) in [6.07, 6.45) is 0.173. The molecule has 1 atom stereocenters. The van der Waals surface area contributed by atoms with Gasteiger partial charge in [-0.05, 0) is 25.1 Å². The van der Waals surface area contributed by atoms with Crippen LogP contribution < -0.4 is 11.5 Å². The van der Waals surface area contributed by atoms with Crippen LogP contribution in [-0.2, 0) is 4.79 Å². The standard InChI is InChI=1S/C12H13N5O/c1-7(4-11(14)18)17-10-5-8(6-13)2-3-9(10)16-12(17)15/h2-3,5,7H,4H2,1H3,(H2,14,18)(H2,15,16). The molecule has 0 saturated heterocycles. The van der Waals surface area contributed by atoms with E-state index in [0.717, 1.165) is 5.52 Å². The van der Waals surface area contributed by atoms with Crippen molar-refractivity contribution in [2.75, 3.05) is 5.73 Å². The van der Waals surface area contributed by atoms with Gasteiger partial charge in [-0.3, -0.25) is 4.79 Å². The van der Waals surface area contributed by atoms with Crippen molar-refractivity contribution in [1.82, 2.24) is 9.55 Å². The second kappa shape index (κ2) is 4.37. The van der Waals surface area contributed by atoms with Crippen LogP contribution in [0, 0.1) is 11.3 Å². The number of imidazole rings is 1. The molecule has 4 N–H and O–H groups in total. The molecule has 0 bridgehead atoms. The molecule has 0 saturated carbocycles. The first-order chi connectivity index (χ1) is 8.52. The molecule has 0 fully saturated rings. The quantitative estimate of drug-likeness (QED) is 0.835. The van der Waals surface area contributed by atoms with Gasteiger partial charge in [0.25, 0.3) is 0 Å². The summed E-state index contributed by atoms with van der Waals surface area (Å²) in [5.74, 6) is -0.0889. The molecule has 1 heterocycles. The first-order valence-electron chi connectivity index (χ1n) is 5.48. The van der Waals surface area contributed by atoms with Crippen LogP contribution in [0.1, 0.15) is 24.9 Å². The lowest BCUT2D eigenvalue weighted by Crippen LogP contribution is -2.18. The van der Waals surface area contributed by atoms with Gasteiger partial charge in [-0.1, -0.05) is 0 Å². The SMILES string of the molecule is CC(CC(N)=O)n1c(N)nc2ccc(C#N)cc21. The fraction of sp³-hybridized carbons (Fsp3) is 0.250. The van der Waals surface area contributed by atoms with Gasteiger partial charge in [0, 0.05) is 12.5 Å². The van der Waals surface area contributed by atoms with Gasteiger partial charge in [0.1, 0.15) is 0 Å². The Hall–Kier alpha value is -2.55. The highest BCUT2D eigenvalue weighted by Gasteiger charge is 2.16. The number of carbonyl (C=O) groups excluding carboxylic acids is 1. The van der Waals surface area contributed by atoms with Gasteiger partial charge in [0.2, 0.25) is 11.9 Å². The van der Waals surface area contributed by atoms with Crippen LogP contribution in [0.15, 0.2) is 18.2 Å². The molecule has 6 heteroatoms. The normalized spacial score (nSPS) is 12.2. The van der Waals surface area contributed by atoms with Crippen molar-refractivity contribution in [3.05, 3.63) is 23.8 Å². The number of amides is 1. The first kappa shape index (κ1) is 11.9. The Morgan fingerprint density at radius 2 is 2.33 bits per heavy atom. The Morgan fingerprint density at radius 3 is 2.94 bits per heavy atom. The van der Waals surface area contributed by atoms with E-state index in [2.05, 4.69) is 11.1 Å². The van der Waals surface area contributed by atoms with Crippen LogP contribution in [0.2, 0.25) is 0 Å². The molecule has 92 valence electrons. The molecule has 1 aromatic carbocycles. The minimum absolute atomic E-state index is 0.173. The lowest BCUT2D eigenvalue weighted by Gasteiger charge is -2.14. The maximum Gasteiger partial charge on any atom is 0.219 e. The number of anilines is 1. The highest BCUT2D eigenvalue weighted by Crippen LogP contribution is 2.25. The van der Waals surface area contributed by atoms with E-state index in [-0.39, 0.29) is 12.5 Å². The topological polar surface area (TPSA) is 111 Å². The molecule has 6 nitrogen and oxygen atoms in total. The summed E-state index contributed by atoms with van der Waals surface area (Å²) in [6, 6.07) is 6.99. The molecule has 0 spiro atoms. The lowest BCUT2D eigenvalue weighted by molar-refractivity contribution is -0.118. The van der Waals surface area contributed by atoms with Crippen LogP contribution in [-0.4, -0.2) is 15.5 Å². The Morgan fingerprint density at radius 1 is 1.61 bits per heavy atom. The van der Waals surface area contributed by atoms with E-state index in [9.17, 15) is 4.79 Å². The van der Waals surface area contributed by atoms with Gasteiger partial charge < -0.3 is 16.0 Å². The summed E-state index contributed by atoms with van der Waals surface area (Å²) >= 11 is 0. The highest BCUT2D eigenvalue weighted by atomic mass is 16.1. The summed E-state index contributed by atoms with van der Waals surface area (Å²) < 4.78 is 1.72. The number of hydrogen-bond acceptors (Lipinski definition) is 4. The number of benzene rings is 1. The largest absolute Gasteiger partial charge is 0.370 e. The highest BCUT2D eigenvalue weighted by molar-refractivity contribution is 5.81. The molecular formula is C12H13N5O. The van der Waals surface area contributed by atoms with E-state index in [0.29, 0.717) is 17.0 Å². The molecule has 18 heavy (non-hydrogen) atoms. The minimum atomic E-state index is -0.403. The zero-order valence-electron chi connectivity index (χ0n) is 9.92. The van der Waals surface area contributed by atoms with E-state index in [4.69, 9.17) is 16.7 Å². The molecule has 2 aromatic rings. The summed E-state index contributed by atoms with van der Waals surface area (Å²) in [5, 5.41) is 8.89. The number of carbonyl (C=O) groups is 1. The van der Waals surface area contributed by atoms with Gasteiger partial charge in [0.05, 0.1) is 22.7 Å². The second-order valence-electron chi connectivity index (χ2n) is 4.17. The van der Waals surface area contributed by atoms with E-state index < -0.39 is 5.91 Å². The third kappa shape index (κ3) is 1.98. The number of hydrogen-bond donors (Lipinski definition) is 2. The molecule has 0 aliphatic heterocycles. The fourth-order valence-corrected chi connectivity index (χ4v) is 2.03. The third-order valence-electron chi connectivity index (χ3n) is 2.78. The van der Waals surface area contributed by atoms with E-state index >= 15 is 0 Å². The van der Waals surface area contributed by atoms with Crippen molar-refractivity contribution in [3.63, 3.8) is 0 Å². The number of nitriles is 1. The molecule has 1 unspecified atom stereocenters. The Kier molecular flexibility index (Phi) is 2.90. The van der Waals surface area contributed by atoms with Crippen LogP contribution in [0.3, 0.4) is 0 Å². The number of nitrogens with zero attached hydrogens (tertiary/aromatic N) is 3. The molecule has 1 amide bonds. The zero-order chi connectivity index (χ0) is 13.3. The molecule has 0 radical (unpaired) electrons. The predicted octanol–water partition coefficient (Wildman–Crippen LogP) is 0.927. The molecule has 0 aliphatic rings. The van der Waals surface area contributed by atoms with E-state index in [1.165, 1.54) is 0 Å². The summed E-state index contributed by atoms with van der Waals surface area (Å²) in [7, 11) is 0. The Labute approximate surface area is 104 Å². The predicted molar refractivity (Wildman–Crippen MR) is 67.4 cm³/mol. The average Bonchev–Trinajstić information content (AvgIpc) is 2.62. The lowest BCUT2D eigenvalue weighted by atomic mass is 10.2. The molecule has 1 aromatic heterocycles. The van der Waals surface area contributed by atoms with Crippen molar-refractivity contribution in [1.29, 1.82) is 5.26 Å². The maximum atomic E-state index is 11.0. The van der Waals surface area contributed by atoms with Crippen LogP contribution in [0.4, 0.5) is 5.95 Å². The minimum Gasteiger partial charge on any atom is -0.370 e. The van der Waals surface area contributed by atoms with Crippen molar-refractivity contribution in [3.8, 4) is 6.07 Å². The van der Waals surface area contributed by atoms with Crippen LogP contribution in [0.25, 0.3) is 11.0 Å². The number of primary amides is 1. The number of rotatable bonds is 3. The third-order valence-corrected chi connectivity index (χ3v) is 2.78. The zero-order valence-corrected chi connectivity index (χ0v) is 9.92. The van der Waals surface area contributed by atoms with E-state index in [1.54, 1.807) is 22.8 Å². The monoisotopic (exact) mass is 243 g/mol. The van der Waals surface area contributed by atoms with Gasteiger partial charge in [-0.25, -0.2) is 4.98 Å². The van der Waals surface area contributed by atoms with Gasteiger partial charge in [-0.2, -0.15) is 5.26 Å². The van der Waals surface area contributed by atoms with Crippen LogP contribution >= 0.6 is 0 Å². The maximum absolute atomic E-state index is 11.0. The Balaban J connectivity index is 2.58. The number of aromatic nitrogens is 2. The number of nitrogens with two attached hydrogens (primary N) is 2. The summed E-state index contributed by atoms with van der Waals surface area (Å²) in [5.41, 5.74) is 13.0. The van der Waals surface area contributed by atoms with Crippen molar-refractivity contribution >= 4 is 22.9 Å². The van der Waals surface area contributed by atoms with Crippen molar-refractivity contribution in [2.45, 2.75) is 19.4 Å². The number of nitrogen functional groups attached to an aromatic ring is 1. The van der Waals surface area contributed by atoms with Gasteiger partial charge >= 0.3 is 0 Å². The smallest absolute Gasteiger partial charge is 0.219 e.